The molecule has 3 aromatic rings. The Kier molecular flexibility index (Phi) is 6.30. The number of rotatable bonds is 8. The normalized spacial score (nSPS) is 12.0. The first-order chi connectivity index (χ1) is 13.5. The zero-order valence-corrected chi connectivity index (χ0v) is 17.0. The van der Waals surface area contributed by atoms with Crippen molar-refractivity contribution in [3.8, 4) is 22.3 Å². The summed E-state index contributed by atoms with van der Waals surface area (Å²) in [7, 11) is 1.53. The fourth-order valence-corrected chi connectivity index (χ4v) is 2.99. The molecule has 0 aliphatic carbocycles. The van der Waals surface area contributed by atoms with Crippen LogP contribution in [-0.4, -0.2) is 29.9 Å². The summed E-state index contributed by atoms with van der Waals surface area (Å²) < 4.78 is 22.1. The molecule has 148 valence electrons. The molecule has 0 aliphatic rings. The third-order valence-electron chi connectivity index (χ3n) is 3.78. The summed E-state index contributed by atoms with van der Waals surface area (Å²) in [5.41, 5.74) is 0.346. The van der Waals surface area contributed by atoms with Crippen molar-refractivity contribution in [2.45, 2.75) is 26.9 Å². The molecule has 0 amide bonds. The van der Waals surface area contributed by atoms with Crippen molar-refractivity contribution in [3.63, 3.8) is 0 Å². The van der Waals surface area contributed by atoms with Gasteiger partial charge in [-0.15, -0.1) is 21.5 Å². The van der Waals surface area contributed by atoms with Crippen LogP contribution < -0.4 is 9.47 Å². The molecule has 0 fully saturated rings. The minimum Gasteiger partial charge on any atom is -0.493 e. The summed E-state index contributed by atoms with van der Waals surface area (Å²) in [4.78, 5) is 13.4. The van der Waals surface area contributed by atoms with Gasteiger partial charge in [-0.3, -0.25) is 0 Å². The van der Waals surface area contributed by atoms with Crippen LogP contribution in [0.3, 0.4) is 0 Å². The number of ether oxygens (including phenoxy) is 3. The van der Waals surface area contributed by atoms with Crippen LogP contribution in [0.5, 0.6) is 11.5 Å². The Morgan fingerprint density at radius 2 is 2.00 bits per heavy atom. The lowest BCUT2D eigenvalue weighted by Gasteiger charge is -2.14. The number of hydrogen-bond acceptors (Lipinski definition) is 8. The number of nitrogens with zero attached hydrogens (tertiary/aromatic N) is 2. The van der Waals surface area contributed by atoms with Gasteiger partial charge in [0, 0.05) is 0 Å². The summed E-state index contributed by atoms with van der Waals surface area (Å²) in [6, 6.07) is 8.71. The van der Waals surface area contributed by atoms with Gasteiger partial charge in [0.15, 0.2) is 17.6 Å². The molecule has 8 heteroatoms. The van der Waals surface area contributed by atoms with Crippen molar-refractivity contribution >= 4 is 17.3 Å². The topological polar surface area (TPSA) is 83.7 Å². The lowest BCUT2D eigenvalue weighted by molar-refractivity contribution is 0.0279. The first-order valence-corrected chi connectivity index (χ1v) is 9.75. The number of esters is 1. The number of carbonyl (C=O) groups is 1. The molecule has 0 saturated heterocycles. The molecule has 0 bridgehead atoms. The summed E-state index contributed by atoms with van der Waals surface area (Å²) in [6.07, 6.45) is -0.684. The highest BCUT2D eigenvalue weighted by atomic mass is 32.1. The molecular formula is C20H22N2O5S. The molecule has 1 atom stereocenters. The number of aromatic nitrogens is 2. The van der Waals surface area contributed by atoms with Crippen molar-refractivity contribution in [1.82, 2.24) is 10.2 Å². The lowest BCUT2D eigenvalue weighted by Crippen LogP contribution is -2.10. The van der Waals surface area contributed by atoms with Gasteiger partial charge in [-0.1, -0.05) is 19.9 Å². The molecule has 0 radical (unpaired) electrons. The van der Waals surface area contributed by atoms with Crippen LogP contribution in [0.15, 0.2) is 40.1 Å². The van der Waals surface area contributed by atoms with E-state index in [9.17, 15) is 4.79 Å². The van der Waals surface area contributed by atoms with E-state index in [4.69, 9.17) is 18.6 Å². The van der Waals surface area contributed by atoms with Gasteiger partial charge < -0.3 is 18.6 Å². The first-order valence-electron chi connectivity index (χ1n) is 8.87. The van der Waals surface area contributed by atoms with Crippen LogP contribution in [0.1, 0.15) is 43.1 Å². The highest BCUT2D eigenvalue weighted by molar-refractivity contribution is 7.13. The predicted molar refractivity (Wildman–Crippen MR) is 105 cm³/mol. The maximum Gasteiger partial charge on any atom is 0.339 e. The van der Waals surface area contributed by atoms with Crippen LogP contribution >= 0.6 is 11.3 Å². The van der Waals surface area contributed by atoms with Gasteiger partial charge in [-0.25, -0.2) is 4.79 Å². The first kappa shape index (κ1) is 19.9. The quantitative estimate of drug-likeness (QED) is 0.502. The highest BCUT2D eigenvalue weighted by Gasteiger charge is 2.21. The van der Waals surface area contributed by atoms with Gasteiger partial charge in [0.2, 0.25) is 0 Å². The fraction of sp³-hybridized carbons (Fsp3) is 0.350. The minimum atomic E-state index is -0.684. The van der Waals surface area contributed by atoms with Crippen molar-refractivity contribution < 1.29 is 23.4 Å². The monoisotopic (exact) mass is 402 g/mol. The smallest absolute Gasteiger partial charge is 0.339 e. The molecule has 7 nitrogen and oxygen atoms in total. The zero-order chi connectivity index (χ0) is 20.1. The molecule has 28 heavy (non-hydrogen) atoms. The van der Waals surface area contributed by atoms with Gasteiger partial charge in [0.05, 0.1) is 24.2 Å². The highest BCUT2D eigenvalue weighted by Crippen LogP contribution is 2.30. The third-order valence-corrected chi connectivity index (χ3v) is 4.63. The molecule has 0 aliphatic heterocycles. The Labute approximate surface area is 167 Å². The van der Waals surface area contributed by atoms with Crippen LogP contribution in [0.4, 0.5) is 0 Å². The Morgan fingerprint density at radius 1 is 1.18 bits per heavy atom. The molecule has 0 unspecified atom stereocenters. The Bertz CT molecular complexity index is 921. The van der Waals surface area contributed by atoms with E-state index >= 15 is 0 Å². The molecule has 2 aromatic heterocycles. The van der Waals surface area contributed by atoms with Gasteiger partial charge in [-0.05, 0) is 42.5 Å². The zero-order valence-electron chi connectivity index (χ0n) is 16.2. The Morgan fingerprint density at radius 3 is 2.68 bits per heavy atom. The third kappa shape index (κ3) is 4.69. The Balaban J connectivity index is 1.68. The van der Waals surface area contributed by atoms with Gasteiger partial charge in [0.25, 0.3) is 11.8 Å². The second-order valence-corrected chi connectivity index (χ2v) is 7.49. The summed E-state index contributed by atoms with van der Waals surface area (Å²) in [6.45, 7) is 6.35. The van der Waals surface area contributed by atoms with E-state index in [0.29, 0.717) is 35.5 Å². The SMILES string of the molecule is COc1cc(C(=O)O[C@H](C)c2nnc(-c3cccs3)o2)ccc1OCC(C)C. The van der Waals surface area contributed by atoms with Crippen molar-refractivity contribution in [1.29, 1.82) is 0 Å². The summed E-state index contributed by atoms with van der Waals surface area (Å²) >= 11 is 1.49. The number of methoxy groups -OCH3 is 1. The van der Waals surface area contributed by atoms with Crippen LogP contribution in [0, 0.1) is 5.92 Å². The molecule has 0 N–H and O–H groups in total. The number of hydrogen-bond donors (Lipinski definition) is 0. The maximum absolute atomic E-state index is 12.5. The van der Waals surface area contributed by atoms with Gasteiger partial charge in [0.1, 0.15) is 0 Å². The number of benzene rings is 1. The van der Waals surface area contributed by atoms with Gasteiger partial charge in [-0.2, -0.15) is 0 Å². The summed E-state index contributed by atoms with van der Waals surface area (Å²) in [5.74, 6) is 1.56. The van der Waals surface area contributed by atoms with Crippen LogP contribution in [0.25, 0.3) is 10.8 Å². The lowest BCUT2D eigenvalue weighted by atomic mass is 10.2. The molecular weight excluding hydrogens is 380 g/mol. The Hall–Kier alpha value is -2.87. The minimum absolute atomic E-state index is 0.237. The fourth-order valence-electron chi connectivity index (χ4n) is 2.35. The predicted octanol–water partition coefficient (Wildman–Crippen LogP) is 4.76. The van der Waals surface area contributed by atoms with Gasteiger partial charge >= 0.3 is 5.97 Å². The molecule has 0 spiro atoms. The molecule has 0 saturated carbocycles. The number of thiophene rings is 1. The second kappa shape index (κ2) is 8.88. The molecule has 1 aromatic carbocycles. The van der Waals surface area contributed by atoms with Crippen LogP contribution in [0.2, 0.25) is 0 Å². The largest absolute Gasteiger partial charge is 0.493 e. The average molecular weight is 402 g/mol. The maximum atomic E-state index is 12.5. The van der Waals surface area contributed by atoms with E-state index in [1.807, 2.05) is 17.5 Å². The molecule has 3 rings (SSSR count). The van der Waals surface area contributed by atoms with Crippen LogP contribution in [-0.2, 0) is 4.74 Å². The standard InChI is InChI=1S/C20H22N2O5S/c1-12(2)11-25-15-8-7-14(10-16(15)24-4)20(23)26-13(3)18-21-22-19(27-18)17-6-5-9-28-17/h5-10,12-13H,11H2,1-4H3/t13-/m1/s1. The van der Waals surface area contributed by atoms with Crippen molar-refractivity contribution in [2.75, 3.05) is 13.7 Å². The van der Waals surface area contributed by atoms with E-state index in [1.54, 1.807) is 25.1 Å². The van der Waals surface area contributed by atoms with E-state index in [1.165, 1.54) is 18.4 Å². The number of carbonyl (C=O) groups excluding carboxylic acids is 1. The average Bonchev–Trinajstić information content (AvgIpc) is 3.37. The molecule has 2 heterocycles. The van der Waals surface area contributed by atoms with E-state index in [-0.39, 0.29) is 5.89 Å². The van der Waals surface area contributed by atoms with E-state index in [2.05, 4.69) is 24.0 Å². The second-order valence-electron chi connectivity index (χ2n) is 6.54. The van der Waals surface area contributed by atoms with Crippen molar-refractivity contribution in [2.24, 2.45) is 5.92 Å². The van der Waals surface area contributed by atoms with E-state index in [0.717, 1.165) is 4.88 Å². The van der Waals surface area contributed by atoms with Crippen molar-refractivity contribution in [3.05, 3.63) is 47.2 Å². The summed E-state index contributed by atoms with van der Waals surface area (Å²) in [5, 5.41) is 9.90. The van der Waals surface area contributed by atoms with E-state index < -0.39 is 12.1 Å².